The maximum absolute atomic E-state index is 14.6. The topological polar surface area (TPSA) is 61.4 Å². The number of carbonyl (C=O) groups excluding carboxylic acids is 1. The van der Waals surface area contributed by atoms with Crippen LogP contribution in [0.4, 0.5) is 23.4 Å². The van der Waals surface area contributed by atoms with Crippen molar-refractivity contribution in [2.24, 2.45) is 0 Å². The molecular weight excluding hydrogens is 450 g/mol. The first-order valence-electron chi connectivity index (χ1n) is 11.6. The van der Waals surface area contributed by atoms with Crippen molar-refractivity contribution in [2.45, 2.75) is 63.3 Å². The maximum Gasteiger partial charge on any atom is 0.419 e. The predicted octanol–water partition coefficient (Wildman–Crippen LogP) is 4.02. The van der Waals surface area contributed by atoms with E-state index in [1.807, 2.05) is 4.90 Å². The third-order valence-corrected chi connectivity index (χ3v) is 7.28. The van der Waals surface area contributed by atoms with E-state index in [0.29, 0.717) is 23.9 Å². The van der Waals surface area contributed by atoms with Crippen LogP contribution < -0.4 is 5.32 Å². The van der Waals surface area contributed by atoms with Gasteiger partial charge in [0.05, 0.1) is 23.2 Å². The van der Waals surface area contributed by atoms with Crippen molar-refractivity contribution in [3.05, 3.63) is 52.2 Å². The highest BCUT2D eigenvalue weighted by Gasteiger charge is 2.59. The Morgan fingerprint density at radius 2 is 1.88 bits per heavy atom. The lowest BCUT2D eigenvalue weighted by molar-refractivity contribution is -0.140. The first-order valence-corrected chi connectivity index (χ1v) is 11.6. The molecule has 0 atom stereocenters. The Balaban J connectivity index is 1.46. The number of anilines is 1. The second-order valence-electron chi connectivity index (χ2n) is 9.63. The van der Waals surface area contributed by atoms with E-state index in [2.05, 4.69) is 27.2 Å². The van der Waals surface area contributed by atoms with Gasteiger partial charge in [-0.1, -0.05) is 12.1 Å². The fraction of sp³-hybridized carbons (Fsp3) is 0.542. The van der Waals surface area contributed by atoms with Gasteiger partial charge in [-0.3, -0.25) is 4.79 Å². The van der Waals surface area contributed by atoms with Gasteiger partial charge in [-0.15, -0.1) is 0 Å². The van der Waals surface area contributed by atoms with E-state index < -0.39 is 23.0 Å². The second-order valence-corrected chi connectivity index (χ2v) is 9.63. The minimum Gasteiger partial charge on any atom is -0.365 e. The molecule has 0 bridgehead atoms. The number of nitrogens with one attached hydrogen (secondary N) is 1. The van der Waals surface area contributed by atoms with Crippen LogP contribution in [-0.2, 0) is 29.5 Å². The number of amides is 1. The number of likely N-dealkylation sites (tertiary alicyclic amines) is 1. The molecule has 2 aliphatic heterocycles. The summed E-state index contributed by atoms with van der Waals surface area (Å²) in [7, 11) is 2.07. The number of hydrogen-bond acceptors (Lipinski definition) is 5. The summed E-state index contributed by atoms with van der Waals surface area (Å²) in [5.41, 5.74) is -0.526. The van der Waals surface area contributed by atoms with Crippen molar-refractivity contribution in [2.75, 3.05) is 25.5 Å². The summed E-state index contributed by atoms with van der Waals surface area (Å²) in [5, 5.41) is 3.06. The number of rotatable bonds is 4. The van der Waals surface area contributed by atoms with Gasteiger partial charge in [0.15, 0.2) is 0 Å². The van der Waals surface area contributed by atoms with Crippen LogP contribution in [0.1, 0.15) is 53.9 Å². The predicted molar refractivity (Wildman–Crippen MR) is 117 cm³/mol. The van der Waals surface area contributed by atoms with Crippen LogP contribution in [0.5, 0.6) is 0 Å². The van der Waals surface area contributed by atoms with Crippen LogP contribution in [0.25, 0.3) is 0 Å². The van der Waals surface area contributed by atoms with Crippen molar-refractivity contribution in [1.82, 2.24) is 19.8 Å². The lowest BCUT2D eigenvalue weighted by Crippen LogP contribution is -2.52. The number of fused-ring (bicyclic) bond motifs is 2. The summed E-state index contributed by atoms with van der Waals surface area (Å²) in [4.78, 5) is 26.8. The van der Waals surface area contributed by atoms with Crippen LogP contribution in [0.3, 0.4) is 0 Å². The molecule has 1 aliphatic carbocycles. The summed E-state index contributed by atoms with van der Waals surface area (Å²) in [6.45, 7) is 3.74. The quantitative estimate of drug-likeness (QED) is 0.674. The number of carbonyl (C=O) groups is 1. The van der Waals surface area contributed by atoms with Gasteiger partial charge in [0.2, 0.25) is 5.91 Å². The van der Waals surface area contributed by atoms with E-state index in [4.69, 9.17) is 0 Å². The van der Waals surface area contributed by atoms with Gasteiger partial charge >= 0.3 is 6.18 Å². The molecule has 1 saturated heterocycles. The zero-order chi connectivity index (χ0) is 24.3. The monoisotopic (exact) mass is 477 g/mol. The van der Waals surface area contributed by atoms with Crippen molar-refractivity contribution in [3.63, 3.8) is 0 Å². The van der Waals surface area contributed by atoms with Gasteiger partial charge in [0.1, 0.15) is 17.5 Å². The van der Waals surface area contributed by atoms with Gasteiger partial charge in [-0.2, -0.15) is 13.2 Å². The van der Waals surface area contributed by atoms with Crippen molar-refractivity contribution >= 4 is 11.7 Å². The SMILES string of the molecule is Cc1nc(NCc2cccc(C(F)(F)F)c2F)c2c(n1)C1(CC1)C(=O)N(C1CCN(C)CC1)C2. The first kappa shape index (κ1) is 23.0. The summed E-state index contributed by atoms with van der Waals surface area (Å²) < 4.78 is 53.9. The maximum atomic E-state index is 14.6. The Morgan fingerprint density at radius 3 is 2.53 bits per heavy atom. The second kappa shape index (κ2) is 8.18. The molecule has 0 radical (unpaired) electrons. The van der Waals surface area contributed by atoms with Crippen molar-refractivity contribution in [1.29, 1.82) is 0 Å². The zero-order valence-corrected chi connectivity index (χ0v) is 19.2. The van der Waals surface area contributed by atoms with Crippen LogP contribution in [0, 0.1) is 12.7 Å². The summed E-state index contributed by atoms with van der Waals surface area (Å²) in [6, 6.07) is 3.39. The number of nitrogens with zero attached hydrogens (tertiary/aromatic N) is 4. The van der Waals surface area contributed by atoms with E-state index in [0.717, 1.165) is 50.4 Å². The molecule has 6 nitrogen and oxygen atoms in total. The Hall–Kier alpha value is -2.75. The smallest absolute Gasteiger partial charge is 0.365 e. The van der Waals surface area contributed by atoms with Crippen molar-refractivity contribution in [3.8, 4) is 0 Å². The molecule has 1 N–H and O–H groups in total. The van der Waals surface area contributed by atoms with E-state index in [1.54, 1.807) is 6.92 Å². The van der Waals surface area contributed by atoms with E-state index in [1.165, 1.54) is 12.1 Å². The molecule has 10 heteroatoms. The van der Waals surface area contributed by atoms with E-state index in [9.17, 15) is 22.4 Å². The molecule has 1 aromatic heterocycles. The number of halogens is 4. The van der Waals surface area contributed by atoms with Crippen LogP contribution in [-0.4, -0.2) is 51.9 Å². The molecule has 1 spiro atoms. The van der Waals surface area contributed by atoms with Crippen LogP contribution in [0.2, 0.25) is 0 Å². The van der Waals surface area contributed by atoms with Gasteiger partial charge in [0, 0.05) is 23.7 Å². The van der Waals surface area contributed by atoms with Crippen LogP contribution in [0.15, 0.2) is 18.2 Å². The third kappa shape index (κ3) is 3.91. The Labute approximate surface area is 195 Å². The minimum atomic E-state index is -4.77. The fourth-order valence-corrected chi connectivity index (χ4v) is 5.20. The highest BCUT2D eigenvalue weighted by molar-refractivity contribution is 5.93. The molecule has 1 amide bonds. The molecule has 1 saturated carbocycles. The Bertz CT molecular complexity index is 1120. The van der Waals surface area contributed by atoms with Gasteiger partial charge < -0.3 is 15.1 Å². The number of hydrogen-bond donors (Lipinski definition) is 1. The highest BCUT2D eigenvalue weighted by Crippen LogP contribution is 2.54. The minimum absolute atomic E-state index is 0.0972. The number of aromatic nitrogens is 2. The zero-order valence-electron chi connectivity index (χ0n) is 19.2. The molecular formula is C24H27F4N5O. The van der Waals surface area contributed by atoms with E-state index >= 15 is 0 Å². The highest BCUT2D eigenvalue weighted by atomic mass is 19.4. The molecule has 182 valence electrons. The third-order valence-electron chi connectivity index (χ3n) is 7.28. The number of alkyl halides is 3. The normalized spacial score (nSPS) is 20.5. The fourth-order valence-electron chi connectivity index (χ4n) is 5.20. The van der Waals surface area contributed by atoms with Gasteiger partial charge in [-0.25, -0.2) is 14.4 Å². The average molecular weight is 478 g/mol. The standard InChI is InChI=1S/C24H27F4N5O/c1-14-30-20-17(13-33(22(34)23(20)8-9-23)16-6-10-32(2)11-7-16)21(31-14)29-12-15-4-3-5-18(19(15)25)24(26,27)28/h3-5,16H,6-13H2,1-2H3,(H,29,30,31). The van der Waals surface area contributed by atoms with Gasteiger partial charge in [0.25, 0.3) is 0 Å². The average Bonchev–Trinajstić information content (AvgIpc) is 3.58. The Kier molecular flexibility index (Phi) is 5.54. The number of benzene rings is 1. The summed E-state index contributed by atoms with van der Waals surface area (Å²) in [6.07, 6.45) is -1.55. The first-order chi connectivity index (χ1) is 16.1. The molecule has 3 aliphatic rings. The summed E-state index contributed by atoms with van der Waals surface area (Å²) in [5.74, 6) is -0.250. The molecule has 1 aromatic carbocycles. The lowest BCUT2D eigenvalue weighted by atomic mass is 9.88. The molecule has 2 aromatic rings. The number of aryl methyl sites for hydroxylation is 1. The van der Waals surface area contributed by atoms with E-state index in [-0.39, 0.29) is 24.1 Å². The largest absolute Gasteiger partial charge is 0.419 e. The molecule has 5 rings (SSSR count). The lowest BCUT2D eigenvalue weighted by Gasteiger charge is -2.42. The summed E-state index contributed by atoms with van der Waals surface area (Å²) >= 11 is 0. The molecule has 0 unspecified atom stereocenters. The molecule has 34 heavy (non-hydrogen) atoms. The number of piperidine rings is 1. The molecule has 2 fully saturated rings. The van der Waals surface area contributed by atoms with Crippen LogP contribution >= 0.6 is 0 Å². The molecule has 3 heterocycles. The Morgan fingerprint density at radius 1 is 1.18 bits per heavy atom. The van der Waals surface area contributed by atoms with Crippen molar-refractivity contribution < 1.29 is 22.4 Å². The van der Waals surface area contributed by atoms with Gasteiger partial charge in [-0.05, 0) is 58.8 Å².